The fourth-order valence-electron chi connectivity index (χ4n) is 3.44. The summed E-state index contributed by atoms with van der Waals surface area (Å²) in [5, 5.41) is 3.28. The van der Waals surface area contributed by atoms with Gasteiger partial charge >= 0.3 is 0 Å². The molecule has 3 nitrogen and oxygen atoms in total. The molecule has 0 aromatic heterocycles. The van der Waals surface area contributed by atoms with Crippen molar-refractivity contribution in [3.8, 4) is 0 Å². The van der Waals surface area contributed by atoms with Crippen LogP contribution in [0.3, 0.4) is 0 Å². The van der Waals surface area contributed by atoms with Crippen LogP contribution in [0.15, 0.2) is 0 Å². The molecule has 1 atom stereocenters. The molecule has 1 unspecified atom stereocenters. The van der Waals surface area contributed by atoms with Gasteiger partial charge in [0.15, 0.2) is 0 Å². The lowest BCUT2D eigenvalue weighted by molar-refractivity contribution is -0.159. The Morgan fingerprint density at radius 3 is 2.61 bits per heavy atom. The van der Waals surface area contributed by atoms with Crippen molar-refractivity contribution in [3.05, 3.63) is 0 Å². The Kier molecular flexibility index (Phi) is 4.68. The second kappa shape index (κ2) is 5.89. The standard InChI is InChI=1S/C15H29NO2/c1-14(2,5-8-16-3)13-4-9-18-15(12-13)6-10-17-11-7-15/h13,16H,4-12H2,1-3H3. The second-order valence-electron chi connectivity index (χ2n) is 6.68. The van der Waals surface area contributed by atoms with E-state index < -0.39 is 0 Å². The van der Waals surface area contributed by atoms with Gasteiger partial charge in [0.2, 0.25) is 0 Å². The highest BCUT2D eigenvalue weighted by molar-refractivity contribution is 4.93. The smallest absolute Gasteiger partial charge is 0.0729 e. The molecule has 0 radical (unpaired) electrons. The Morgan fingerprint density at radius 1 is 1.22 bits per heavy atom. The molecule has 1 spiro atoms. The first kappa shape index (κ1) is 14.3. The van der Waals surface area contributed by atoms with E-state index in [1.165, 1.54) is 19.3 Å². The minimum absolute atomic E-state index is 0.137. The highest BCUT2D eigenvalue weighted by Crippen LogP contribution is 2.45. The number of hydrogen-bond acceptors (Lipinski definition) is 3. The summed E-state index contributed by atoms with van der Waals surface area (Å²) in [5.74, 6) is 0.790. The summed E-state index contributed by atoms with van der Waals surface area (Å²) in [6.07, 6.45) is 5.88. The fourth-order valence-corrected chi connectivity index (χ4v) is 3.44. The van der Waals surface area contributed by atoms with Crippen LogP contribution in [0.5, 0.6) is 0 Å². The van der Waals surface area contributed by atoms with Gasteiger partial charge < -0.3 is 14.8 Å². The largest absolute Gasteiger partial charge is 0.381 e. The van der Waals surface area contributed by atoms with Gasteiger partial charge in [-0.1, -0.05) is 13.8 Å². The van der Waals surface area contributed by atoms with Gasteiger partial charge in [-0.05, 0) is 57.0 Å². The molecule has 2 aliphatic rings. The lowest BCUT2D eigenvalue weighted by Crippen LogP contribution is -2.47. The number of ether oxygens (including phenoxy) is 2. The van der Waals surface area contributed by atoms with Gasteiger partial charge in [0.05, 0.1) is 5.60 Å². The Balaban J connectivity index is 1.96. The first-order chi connectivity index (χ1) is 8.58. The van der Waals surface area contributed by atoms with Crippen LogP contribution in [-0.2, 0) is 9.47 Å². The summed E-state index contributed by atoms with van der Waals surface area (Å²) in [4.78, 5) is 0. The zero-order valence-corrected chi connectivity index (χ0v) is 12.3. The maximum Gasteiger partial charge on any atom is 0.0729 e. The van der Waals surface area contributed by atoms with Crippen LogP contribution in [0.1, 0.15) is 46.0 Å². The van der Waals surface area contributed by atoms with Gasteiger partial charge in [0.1, 0.15) is 0 Å². The average Bonchev–Trinajstić information content (AvgIpc) is 2.37. The predicted molar refractivity (Wildman–Crippen MR) is 73.8 cm³/mol. The molecule has 1 N–H and O–H groups in total. The van der Waals surface area contributed by atoms with Crippen molar-refractivity contribution >= 4 is 0 Å². The molecule has 0 bridgehead atoms. The molecule has 2 fully saturated rings. The highest BCUT2D eigenvalue weighted by Gasteiger charge is 2.43. The highest BCUT2D eigenvalue weighted by atomic mass is 16.5. The minimum Gasteiger partial charge on any atom is -0.381 e. The molecular weight excluding hydrogens is 226 g/mol. The Hall–Kier alpha value is -0.120. The van der Waals surface area contributed by atoms with Crippen LogP contribution in [-0.4, -0.2) is 39.0 Å². The quantitative estimate of drug-likeness (QED) is 0.837. The molecule has 3 heteroatoms. The van der Waals surface area contributed by atoms with Crippen LogP contribution < -0.4 is 5.32 Å². The molecule has 0 saturated carbocycles. The fraction of sp³-hybridized carbons (Fsp3) is 1.00. The van der Waals surface area contributed by atoms with Gasteiger partial charge in [-0.25, -0.2) is 0 Å². The zero-order chi connectivity index (χ0) is 13.1. The molecule has 2 saturated heterocycles. The summed E-state index contributed by atoms with van der Waals surface area (Å²) in [6, 6.07) is 0. The molecule has 18 heavy (non-hydrogen) atoms. The molecule has 0 aliphatic carbocycles. The summed E-state index contributed by atoms with van der Waals surface area (Å²) < 4.78 is 11.6. The van der Waals surface area contributed by atoms with Crippen LogP contribution in [0.2, 0.25) is 0 Å². The van der Waals surface area contributed by atoms with Crippen LogP contribution in [0.25, 0.3) is 0 Å². The van der Waals surface area contributed by atoms with Crippen LogP contribution in [0.4, 0.5) is 0 Å². The molecule has 0 amide bonds. The molecular formula is C15H29NO2. The molecule has 2 rings (SSSR count). The molecule has 0 aromatic rings. The zero-order valence-electron chi connectivity index (χ0n) is 12.3. The van der Waals surface area contributed by atoms with Gasteiger partial charge in [-0.2, -0.15) is 0 Å². The minimum atomic E-state index is 0.137. The predicted octanol–water partition coefficient (Wildman–Crippen LogP) is 2.60. The van der Waals surface area contributed by atoms with E-state index in [4.69, 9.17) is 9.47 Å². The Labute approximate surface area is 112 Å². The average molecular weight is 255 g/mol. The molecule has 106 valence electrons. The van der Waals surface area contributed by atoms with E-state index in [2.05, 4.69) is 19.2 Å². The van der Waals surface area contributed by atoms with E-state index in [0.717, 1.165) is 45.1 Å². The molecule has 2 aliphatic heterocycles. The third kappa shape index (κ3) is 3.25. The van der Waals surface area contributed by atoms with Crippen molar-refractivity contribution in [2.45, 2.75) is 51.6 Å². The Morgan fingerprint density at radius 2 is 1.94 bits per heavy atom. The third-order valence-corrected chi connectivity index (χ3v) is 5.02. The molecule has 0 aromatic carbocycles. The van der Waals surface area contributed by atoms with Crippen LogP contribution in [0, 0.1) is 11.3 Å². The van der Waals surface area contributed by atoms with Crippen molar-refractivity contribution in [2.24, 2.45) is 11.3 Å². The van der Waals surface area contributed by atoms with Crippen LogP contribution >= 0.6 is 0 Å². The normalized spacial score (nSPS) is 28.5. The van der Waals surface area contributed by atoms with E-state index >= 15 is 0 Å². The van der Waals surface area contributed by atoms with Crippen molar-refractivity contribution in [1.29, 1.82) is 0 Å². The molecule has 2 heterocycles. The van der Waals surface area contributed by atoms with Crippen molar-refractivity contribution in [3.63, 3.8) is 0 Å². The number of hydrogen-bond donors (Lipinski definition) is 1. The lowest BCUT2D eigenvalue weighted by Gasteiger charge is -2.48. The summed E-state index contributed by atoms with van der Waals surface area (Å²) in [6.45, 7) is 8.65. The maximum absolute atomic E-state index is 6.14. The first-order valence-electron chi connectivity index (χ1n) is 7.44. The van der Waals surface area contributed by atoms with E-state index in [0.29, 0.717) is 5.41 Å². The summed E-state index contributed by atoms with van der Waals surface area (Å²) >= 11 is 0. The summed E-state index contributed by atoms with van der Waals surface area (Å²) in [5.41, 5.74) is 0.552. The second-order valence-corrected chi connectivity index (χ2v) is 6.68. The SMILES string of the molecule is CNCCC(C)(C)C1CCOC2(CCOCC2)C1. The van der Waals surface area contributed by atoms with Crippen molar-refractivity contribution < 1.29 is 9.47 Å². The van der Waals surface area contributed by atoms with Crippen molar-refractivity contribution in [1.82, 2.24) is 5.32 Å². The first-order valence-corrected chi connectivity index (χ1v) is 7.44. The number of nitrogens with one attached hydrogen (secondary N) is 1. The van der Waals surface area contributed by atoms with Gasteiger partial charge in [0, 0.05) is 19.8 Å². The Bertz CT molecular complexity index is 254. The van der Waals surface area contributed by atoms with Gasteiger partial charge in [-0.15, -0.1) is 0 Å². The summed E-state index contributed by atoms with van der Waals surface area (Å²) in [7, 11) is 2.04. The topological polar surface area (TPSA) is 30.5 Å². The number of rotatable bonds is 4. The van der Waals surface area contributed by atoms with E-state index in [-0.39, 0.29) is 5.60 Å². The van der Waals surface area contributed by atoms with E-state index in [1.54, 1.807) is 0 Å². The monoisotopic (exact) mass is 255 g/mol. The third-order valence-electron chi connectivity index (χ3n) is 5.02. The lowest BCUT2D eigenvalue weighted by atomic mass is 9.67. The van der Waals surface area contributed by atoms with E-state index in [9.17, 15) is 0 Å². The van der Waals surface area contributed by atoms with Crippen molar-refractivity contribution in [2.75, 3.05) is 33.4 Å². The van der Waals surface area contributed by atoms with Gasteiger partial charge in [0.25, 0.3) is 0 Å². The maximum atomic E-state index is 6.14. The van der Waals surface area contributed by atoms with Gasteiger partial charge in [-0.3, -0.25) is 0 Å². The van der Waals surface area contributed by atoms with E-state index in [1.807, 2.05) is 7.05 Å².